The Bertz CT molecular complexity index is 1060. The Hall–Kier alpha value is -2.51. The topological polar surface area (TPSA) is 68.1 Å². The summed E-state index contributed by atoms with van der Waals surface area (Å²) in [5, 5.41) is 0.176. The van der Waals surface area contributed by atoms with Gasteiger partial charge < -0.3 is 4.57 Å². The number of nitrogens with zero attached hydrogens (tertiary/aromatic N) is 4. The van der Waals surface area contributed by atoms with Crippen molar-refractivity contribution in [2.75, 3.05) is 18.8 Å². The highest BCUT2D eigenvalue weighted by Gasteiger charge is 2.25. The molecule has 1 saturated heterocycles. The number of imidazole rings is 1. The minimum atomic E-state index is -3.39. The monoisotopic (exact) mass is 424 g/mol. The fourth-order valence-corrected chi connectivity index (χ4v) is 5.11. The molecule has 0 unspecified atom stereocenters. The Morgan fingerprint density at radius 2 is 1.70 bits per heavy atom. The Balaban J connectivity index is 1.51. The molecule has 1 aliphatic rings. The minimum Gasteiger partial charge on any atom is -0.313 e. The third-order valence-corrected chi connectivity index (χ3v) is 7.54. The molecule has 1 aliphatic heterocycles. The molecule has 30 heavy (non-hydrogen) atoms. The summed E-state index contributed by atoms with van der Waals surface area (Å²) in [5.41, 5.74) is 3.38. The van der Waals surface area contributed by atoms with E-state index in [4.69, 9.17) is 0 Å². The highest BCUT2D eigenvalue weighted by atomic mass is 32.2. The molecule has 1 fully saturated rings. The van der Waals surface area contributed by atoms with Gasteiger partial charge in [-0.25, -0.2) is 13.4 Å². The molecule has 0 amide bonds. The van der Waals surface area contributed by atoms with Gasteiger partial charge in [0.15, 0.2) is 0 Å². The lowest BCUT2D eigenvalue weighted by atomic mass is 9.90. The number of sulfone groups is 1. The van der Waals surface area contributed by atoms with Crippen molar-refractivity contribution in [2.24, 2.45) is 0 Å². The predicted molar refractivity (Wildman–Crippen MR) is 117 cm³/mol. The first-order valence-corrected chi connectivity index (χ1v) is 12.2. The molecule has 0 radical (unpaired) electrons. The van der Waals surface area contributed by atoms with Crippen molar-refractivity contribution in [2.45, 2.75) is 43.9 Å². The van der Waals surface area contributed by atoms with Crippen LogP contribution in [0.1, 0.15) is 42.5 Å². The molecule has 7 heteroatoms. The van der Waals surface area contributed by atoms with Gasteiger partial charge in [-0.3, -0.25) is 9.88 Å². The number of piperidine rings is 1. The molecule has 158 valence electrons. The maximum Gasteiger partial charge on any atom is 0.228 e. The van der Waals surface area contributed by atoms with Crippen LogP contribution in [0.5, 0.6) is 0 Å². The van der Waals surface area contributed by atoms with Crippen molar-refractivity contribution in [3.05, 3.63) is 77.9 Å². The fourth-order valence-electron chi connectivity index (χ4n) is 4.12. The van der Waals surface area contributed by atoms with Crippen LogP contribution in [0.15, 0.2) is 66.2 Å². The number of rotatable bonds is 7. The second-order valence-electron chi connectivity index (χ2n) is 7.84. The lowest BCUT2D eigenvalue weighted by Crippen LogP contribution is -2.33. The summed E-state index contributed by atoms with van der Waals surface area (Å²) in [6.07, 6.45) is 7.65. The lowest BCUT2D eigenvalue weighted by molar-refractivity contribution is 0.200. The lowest BCUT2D eigenvalue weighted by Gasteiger charge is -2.32. The predicted octanol–water partition coefficient (Wildman–Crippen LogP) is 3.50. The Labute approximate surface area is 178 Å². The van der Waals surface area contributed by atoms with Gasteiger partial charge in [0.2, 0.25) is 15.0 Å². The molecule has 3 aromatic rings. The van der Waals surface area contributed by atoms with Gasteiger partial charge in [0.05, 0.1) is 24.2 Å². The van der Waals surface area contributed by atoms with E-state index >= 15 is 0 Å². The first kappa shape index (κ1) is 20.8. The van der Waals surface area contributed by atoms with E-state index in [0.29, 0.717) is 19.0 Å². The van der Waals surface area contributed by atoms with Crippen molar-refractivity contribution in [3.8, 4) is 0 Å². The quantitative estimate of drug-likeness (QED) is 0.581. The van der Waals surface area contributed by atoms with Gasteiger partial charge >= 0.3 is 0 Å². The van der Waals surface area contributed by atoms with Gasteiger partial charge in [0.1, 0.15) is 0 Å². The fraction of sp³-hybridized carbons (Fsp3) is 0.391. The molecular formula is C23H28N4O2S. The van der Waals surface area contributed by atoms with Crippen LogP contribution in [0.3, 0.4) is 0 Å². The minimum absolute atomic E-state index is 0.0512. The maximum absolute atomic E-state index is 12.6. The van der Waals surface area contributed by atoms with Crippen LogP contribution < -0.4 is 0 Å². The van der Waals surface area contributed by atoms with E-state index in [1.54, 1.807) is 13.1 Å². The number of hydrogen-bond donors (Lipinski definition) is 0. The van der Waals surface area contributed by atoms with Crippen molar-refractivity contribution in [1.82, 2.24) is 19.4 Å². The zero-order valence-corrected chi connectivity index (χ0v) is 18.1. The van der Waals surface area contributed by atoms with Gasteiger partial charge in [-0.15, -0.1) is 0 Å². The average molecular weight is 425 g/mol. The van der Waals surface area contributed by atoms with E-state index in [1.807, 2.05) is 47.3 Å². The van der Waals surface area contributed by atoms with Crippen LogP contribution in [0.25, 0.3) is 0 Å². The van der Waals surface area contributed by atoms with Crippen LogP contribution in [-0.4, -0.2) is 46.7 Å². The molecule has 0 spiro atoms. The highest BCUT2D eigenvalue weighted by molar-refractivity contribution is 7.91. The van der Waals surface area contributed by atoms with Crippen molar-refractivity contribution < 1.29 is 8.42 Å². The molecule has 0 atom stereocenters. The highest BCUT2D eigenvalue weighted by Crippen LogP contribution is 2.28. The molecule has 4 rings (SSSR count). The van der Waals surface area contributed by atoms with Crippen LogP contribution >= 0.6 is 0 Å². The van der Waals surface area contributed by atoms with Crippen LogP contribution in [0.2, 0.25) is 0 Å². The van der Waals surface area contributed by atoms with E-state index in [9.17, 15) is 8.42 Å². The summed E-state index contributed by atoms with van der Waals surface area (Å²) in [5.74, 6) is 0.616. The zero-order chi connectivity index (χ0) is 21.0. The molecule has 0 saturated carbocycles. The smallest absolute Gasteiger partial charge is 0.228 e. The van der Waals surface area contributed by atoms with Crippen LogP contribution in [0, 0.1) is 0 Å². The Morgan fingerprint density at radius 3 is 2.37 bits per heavy atom. The molecule has 0 N–H and O–H groups in total. The Morgan fingerprint density at radius 1 is 1.00 bits per heavy atom. The Kier molecular flexibility index (Phi) is 6.29. The largest absolute Gasteiger partial charge is 0.313 e. The normalized spacial score (nSPS) is 16.0. The number of likely N-dealkylation sites (tertiary alicyclic amines) is 1. The number of benzene rings is 1. The van der Waals surface area contributed by atoms with Gasteiger partial charge in [-0.05, 0) is 55.1 Å². The van der Waals surface area contributed by atoms with E-state index < -0.39 is 9.84 Å². The zero-order valence-electron chi connectivity index (χ0n) is 17.3. The SMILES string of the molecule is CCS(=O)(=O)c1ncc(CN2CCC(c3ccncc3)CC2)n1Cc1ccccc1. The molecule has 3 heterocycles. The van der Waals surface area contributed by atoms with Crippen molar-refractivity contribution in [3.63, 3.8) is 0 Å². The standard InChI is InChI=1S/C23H28N4O2S/c1-2-30(28,29)23-25-16-22(27(23)17-19-6-4-3-5-7-19)18-26-14-10-21(11-15-26)20-8-12-24-13-9-20/h3-9,12-13,16,21H,2,10-11,14-15,17-18H2,1H3. The molecule has 6 nitrogen and oxygen atoms in total. The molecule has 0 bridgehead atoms. The summed E-state index contributed by atoms with van der Waals surface area (Å²) >= 11 is 0. The second kappa shape index (κ2) is 9.10. The van der Waals surface area contributed by atoms with Gasteiger partial charge in [0, 0.05) is 18.9 Å². The summed E-state index contributed by atoms with van der Waals surface area (Å²) in [7, 11) is -3.39. The van der Waals surface area contributed by atoms with Crippen molar-refractivity contribution >= 4 is 9.84 Å². The summed E-state index contributed by atoms with van der Waals surface area (Å²) < 4.78 is 27.1. The first-order valence-electron chi connectivity index (χ1n) is 10.5. The number of pyridine rings is 1. The van der Waals surface area contributed by atoms with Crippen molar-refractivity contribution in [1.29, 1.82) is 0 Å². The second-order valence-corrected chi connectivity index (χ2v) is 10.0. The third-order valence-electron chi connectivity index (χ3n) is 5.89. The van der Waals surface area contributed by atoms with E-state index in [1.165, 1.54) is 5.56 Å². The molecule has 2 aromatic heterocycles. The average Bonchev–Trinajstić information content (AvgIpc) is 3.18. The number of hydrogen-bond acceptors (Lipinski definition) is 5. The van der Waals surface area contributed by atoms with Gasteiger partial charge in [-0.1, -0.05) is 37.3 Å². The summed E-state index contributed by atoms with van der Waals surface area (Å²) in [4.78, 5) is 10.8. The third kappa shape index (κ3) is 4.63. The maximum atomic E-state index is 12.6. The van der Waals surface area contributed by atoms with E-state index in [-0.39, 0.29) is 10.9 Å². The van der Waals surface area contributed by atoms with E-state index in [2.05, 4.69) is 27.0 Å². The molecule has 0 aliphatic carbocycles. The molecular weight excluding hydrogens is 396 g/mol. The van der Waals surface area contributed by atoms with Crippen LogP contribution in [0.4, 0.5) is 0 Å². The molecule has 1 aromatic carbocycles. The van der Waals surface area contributed by atoms with Gasteiger partial charge in [-0.2, -0.15) is 0 Å². The van der Waals surface area contributed by atoms with E-state index in [0.717, 1.165) is 37.2 Å². The van der Waals surface area contributed by atoms with Crippen LogP contribution in [-0.2, 0) is 22.9 Å². The van der Waals surface area contributed by atoms with Gasteiger partial charge in [0.25, 0.3) is 0 Å². The first-order chi connectivity index (χ1) is 14.6. The number of aromatic nitrogens is 3. The summed E-state index contributed by atoms with van der Waals surface area (Å²) in [6.45, 7) is 4.86. The summed E-state index contributed by atoms with van der Waals surface area (Å²) in [6, 6.07) is 14.2.